The number of aliphatic hydroxyl groups is 1. The smallest absolute Gasteiger partial charge is 0.176 e. The van der Waals surface area contributed by atoms with Gasteiger partial charge in [-0.15, -0.1) is 0 Å². The zero-order valence-corrected chi connectivity index (χ0v) is 9.00. The van der Waals surface area contributed by atoms with Crippen molar-refractivity contribution in [3.05, 3.63) is 46.3 Å². The molecule has 0 saturated heterocycles. The van der Waals surface area contributed by atoms with Crippen molar-refractivity contribution < 1.29 is 9.50 Å². The number of halogens is 2. The third-order valence-corrected chi connectivity index (χ3v) is 2.48. The van der Waals surface area contributed by atoms with Crippen molar-refractivity contribution in [2.75, 3.05) is 0 Å². The Morgan fingerprint density at radius 2 is 2.25 bits per heavy atom. The SMILES string of the molecule is OCc1n[nH]c(Cc2c(F)cccc2Cl)n1. The lowest BCUT2D eigenvalue weighted by molar-refractivity contribution is 0.272. The maximum absolute atomic E-state index is 13.4. The highest BCUT2D eigenvalue weighted by molar-refractivity contribution is 6.31. The number of aromatic nitrogens is 3. The van der Waals surface area contributed by atoms with E-state index >= 15 is 0 Å². The molecule has 6 heteroatoms. The van der Waals surface area contributed by atoms with Gasteiger partial charge in [0.1, 0.15) is 18.2 Å². The molecule has 1 heterocycles. The molecule has 0 amide bonds. The van der Waals surface area contributed by atoms with E-state index in [1.54, 1.807) is 12.1 Å². The molecule has 1 aromatic heterocycles. The van der Waals surface area contributed by atoms with Crippen LogP contribution in [-0.4, -0.2) is 20.3 Å². The van der Waals surface area contributed by atoms with E-state index in [9.17, 15) is 4.39 Å². The summed E-state index contributed by atoms with van der Waals surface area (Å²) in [5, 5.41) is 15.5. The Kier molecular flexibility index (Phi) is 3.17. The minimum absolute atomic E-state index is 0.221. The van der Waals surface area contributed by atoms with Crippen molar-refractivity contribution in [3.8, 4) is 0 Å². The van der Waals surface area contributed by atoms with Crippen molar-refractivity contribution in [2.24, 2.45) is 0 Å². The van der Waals surface area contributed by atoms with Crippen molar-refractivity contribution in [3.63, 3.8) is 0 Å². The molecule has 0 saturated carbocycles. The molecule has 1 aromatic carbocycles. The van der Waals surface area contributed by atoms with E-state index in [0.29, 0.717) is 16.4 Å². The van der Waals surface area contributed by atoms with Crippen molar-refractivity contribution >= 4 is 11.6 Å². The van der Waals surface area contributed by atoms with E-state index in [-0.39, 0.29) is 24.7 Å². The summed E-state index contributed by atoms with van der Waals surface area (Å²) < 4.78 is 13.4. The fourth-order valence-corrected chi connectivity index (χ4v) is 1.58. The third kappa shape index (κ3) is 2.20. The standard InChI is InChI=1S/C10H9ClFN3O/c11-7-2-1-3-8(12)6(7)4-9-13-10(5-16)15-14-9/h1-3,16H,4-5H2,(H,13,14,15). The molecule has 0 spiro atoms. The minimum Gasteiger partial charge on any atom is -0.388 e. The lowest BCUT2D eigenvalue weighted by Crippen LogP contribution is -1.96. The van der Waals surface area contributed by atoms with Crippen LogP contribution in [0.5, 0.6) is 0 Å². The Balaban J connectivity index is 2.26. The van der Waals surface area contributed by atoms with Crippen LogP contribution < -0.4 is 0 Å². The van der Waals surface area contributed by atoms with Gasteiger partial charge in [0.2, 0.25) is 0 Å². The van der Waals surface area contributed by atoms with Crippen LogP contribution in [-0.2, 0) is 13.0 Å². The Labute approximate surface area is 96.1 Å². The van der Waals surface area contributed by atoms with Gasteiger partial charge in [-0.2, -0.15) is 5.10 Å². The number of aliphatic hydroxyl groups excluding tert-OH is 1. The maximum atomic E-state index is 13.4. The first-order valence-corrected chi connectivity index (χ1v) is 5.02. The second-order valence-electron chi connectivity index (χ2n) is 3.23. The van der Waals surface area contributed by atoms with Crippen molar-refractivity contribution in [2.45, 2.75) is 13.0 Å². The molecule has 2 rings (SSSR count). The number of nitrogens with zero attached hydrogens (tertiary/aromatic N) is 2. The van der Waals surface area contributed by atoms with Crippen LogP contribution in [0.1, 0.15) is 17.2 Å². The van der Waals surface area contributed by atoms with E-state index < -0.39 is 0 Å². The van der Waals surface area contributed by atoms with Crippen LogP contribution in [0, 0.1) is 5.82 Å². The first-order chi connectivity index (χ1) is 7.70. The van der Waals surface area contributed by atoms with Crippen LogP contribution in [0.2, 0.25) is 5.02 Å². The minimum atomic E-state index is -0.380. The Morgan fingerprint density at radius 1 is 1.44 bits per heavy atom. The Morgan fingerprint density at radius 3 is 2.88 bits per heavy atom. The lowest BCUT2D eigenvalue weighted by Gasteiger charge is -2.02. The molecule has 4 nitrogen and oxygen atoms in total. The van der Waals surface area contributed by atoms with Gasteiger partial charge in [0.15, 0.2) is 5.82 Å². The van der Waals surface area contributed by atoms with E-state index in [1.807, 2.05) is 0 Å². The topological polar surface area (TPSA) is 61.8 Å². The van der Waals surface area contributed by atoms with Crippen molar-refractivity contribution in [1.82, 2.24) is 15.2 Å². The van der Waals surface area contributed by atoms with Gasteiger partial charge >= 0.3 is 0 Å². The van der Waals surface area contributed by atoms with E-state index in [0.717, 1.165) is 0 Å². The molecular formula is C10H9ClFN3O. The number of benzene rings is 1. The summed E-state index contributed by atoms with van der Waals surface area (Å²) in [6.07, 6.45) is 0.221. The fourth-order valence-electron chi connectivity index (χ4n) is 1.35. The summed E-state index contributed by atoms with van der Waals surface area (Å²) in [7, 11) is 0. The molecular weight excluding hydrogens is 233 g/mol. The second kappa shape index (κ2) is 4.59. The number of H-pyrrole nitrogens is 1. The van der Waals surface area contributed by atoms with Crippen LogP contribution in [0.25, 0.3) is 0 Å². The van der Waals surface area contributed by atoms with Gasteiger partial charge in [-0.25, -0.2) is 9.37 Å². The molecule has 0 fully saturated rings. The number of hydrogen-bond acceptors (Lipinski definition) is 3. The normalized spacial score (nSPS) is 10.7. The van der Waals surface area contributed by atoms with Crippen LogP contribution >= 0.6 is 11.6 Å². The van der Waals surface area contributed by atoms with Crippen molar-refractivity contribution in [1.29, 1.82) is 0 Å². The number of hydrogen-bond donors (Lipinski definition) is 2. The van der Waals surface area contributed by atoms with Gasteiger partial charge in [0.05, 0.1) is 0 Å². The van der Waals surface area contributed by atoms with Crippen LogP contribution in [0.3, 0.4) is 0 Å². The molecule has 0 radical (unpaired) electrons. The quantitative estimate of drug-likeness (QED) is 0.860. The first-order valence-electron chi connectivity index (χ1n) is 4.64. The zero-order chi connectivity index (χ0) is 11.5. The summed E-state index contributed by atoms with van der Waals surface area (Å²) in [4.78, 5) is 3.96. The van der Waals surface area contributed by atoms with Gasteiger partial charge in [-0.05, 0) is 12.1 Å². The summed E-state index contributed by atoms with van der Waals surface area (Å²) in [5.41, 5.74) is 0.366. The average Bonchev–Trinajstić information content (AvgIpc) is 2.71. The summed E-state index contributed by atoms with van der Waals surface area (Å²) >= 11 is 5.87. The average molecular weight is 242 g/mol. The summed E-state index contributed by atoms with van der Waals surface area (Å²) in [6, 6.07) is 4.49. The maximum Gasteiger partial charge on any atom is 0.176 e. The molecule has 0 bridgehead atoms. The van der Waals surface area contributed by atoms with Gasteiger partial charge in [-0.3, -0.25) is 5.10 Å². The molecule has 2 aromatic rings. The third-order valence-electron chi connectivity index (χ3n) is 2.13. The highest BCUT2D eigenvalue weighted by Crippen LogP contribution is 2.20. The van der Waals surface area contributed by atoms with E-state index in [4.69, 9.17) is 16.7 Å². The lowest BCUT2D eigenvalue weighted by atomic mass is 10.1. The predicted octanol–water partition coefficient (Wildman–Crippen LogP) is 1.68. The van der Waals surface area contributed by atoms with Gasteiger partial charge in [-0.1, -0.05) is 17.7 Å². The van der Waals surface area contributed by atoms with Crippen LogP contribution in [0.15, 0.2) is 18.2 Å². The molecule has 84 valence electrons. The molecule has 0 atom stereocenters. The monoisotopic (exact) mass is 241 g/mol. The molecule has 0 unspecified atom stereocenters. The fraction of sp³-hybridized carbons (Fsp3) is 0.200. The number of nitrogens with one attached hydrogen (secondary N) is 1. The summed E-state index contributed by atoms with van der Waals surface area (Å²) in [5.74, 6) is 0.368. The highest BCUT2D eigenvalue weighted by atomic mass is 35.5. The number of rotatable bonds is 3. The number of aromatic amines is 1. The van der Waals surface area contributed by atoms with Gasteiger partial charge < -0.3 is 5.11 Å². The largest absolute Gasteiger partial charge is 0.388 e. The Bertz CT molecular complexity index is 480. The van der Waals surface area contributed by atoms with E-state index in [1.165, 1.54) is 6.07 Å². The zero-order valence-electron chi connectivity index (χ0n) is 8.24. The van der Waals surface area contributed by atoms with Gasteiger partial charge in [0.25, 0.3) is 0 Å². The predicted molar refractivity (Wildman–Crippen MR) is 56.5 cm³/mol. The van der Waals surface area contributed by atoms with Crippen LogP contribution in [0.4, 0.5) is 4.39 Å². The van der Waals surface area contributed by atoms with Gasteiger partial charge in [0, 0.05) is 17.0 Å². The molecule has 0 aliphatic rings. The second-order valence-corrected chi connectivity index (χ2v) is 3.64. The molecule has 2 N–H and O–H groups in total. The summed E-state index contributed by atoms with van der Waals surface area (Å²) in [6.45, 7) is -0.249. The highest BCUT2D eigenvalue weighted by Gasteiger charge is 2.10. The molecule has 0 aliphatic carbocycles. The molecule has 16 heavy (non-hydrogen) atoms. The Hall–Kier alpha value is -1.46. The van der Waals surface area contributed by atoms with E-state index in [2.05, 4.69) is 15.2 Å². The first kappa shape index (κ1) is 11.0. The molecule has 0 aliphatic heterocycles.